The molecule has 0 radical (unpaired) electrons. The van der Waals surface area contributed by atoms with E-state index in [4.69, 9.17) is 18.9 Å². The van der Waals surface area contributed by atoms with E-state index in [2.05, 4.69) is 6.92 Å². The third-order valence-electron chi connectivity index (χ3n) is 7.84. The maximum atomic E-state index is 12.2. The molecule has 2 unspecified atom stereocenters. The highest BCUT2D eigenvalue weighted by Crippen LogP contribution is 2.36. The van der Waals surface area contributed by atoms with Gasteiger partial charge in [-0.1, -0.05) is 84.0 Å². The summed E-state index contributed by atoms with van der Waals surface area (Å²) in [6, 6.07) is 0. The van der Waals surface area contributed by atoms with E-state index in [-0.39, 0.29) is 6.42 Å². The molecule has 0 bridgehead atoms. The molecule has 242 valence electrons. The number of carbonyl (C=O) groups excluding carboxylic acids is 1. The second-order valence-electron chi connectivity index (χ2n) is 11.2. The molecule has 2 rings (SSSR count). The van der Waals surface area contributed by atoms with E-state index < -0.39 is 80.3 Å². The standard InChI is InChI=1S/C28H52O13/c1-2-3-4-5-6-7-8-9-10-11-12-13-14-15-20(31)39-27(36)28(37)25(35)24(19(17-30)41-28)40-26-23(34)22(33)21(32)18(16-29)38-26/h18-19,21-27,29-30,32-37H,2-17H2,1H3/t18-,19-,21+,22+,23-,24-,25+,26?,27?,28+/m1/s1. The number of hydrogen-bond acceptors (Lipinski definition) is 13. The topological polar surface area (TPSA) is 216 Å². The Morgan fingerprint density at radius 1 is 0.780 bits per heavy atom. The molecule has 0 aromatic rings. The quantitative estimate of drug-likeness (QED) is 0.0526. The molecule has 13 heteroatoms. The van der Waals surface area contributed by atoms with Crippen molar-refractivity contribution in [3.8, 4) is 0 Å². The summed E-state index contributed by atoms with van der Waals surface area (Å²) in [5.74, 6) is -3.69. The predicted molar refractivity (Wildman–Crippen MR) is 144 cm³/mol. The lowest BCUT2D eigenvalue weighted by Gasteiger charge is -2.41. The van der Waals surface area contributed by atoms with Crippen LogP contribution in [0.25, 0.3) is 0 Å². The number of aliphatic hydroxyl groups is 8. The average molecular weight is 597 g/mol. The highest BCUT2D eigenvalue weighted by atomic mass is 16.8. The van der Waals surface area contributed by atoms with Crippen LogP contribution in [0.1, 0.15) is 96.8 Å². The molecule has 2 saturated heterocycles. The van der Waals surface area contributed by atoms with Crippen LogP contribution < -0.4 is 0 Å². The van der Waals surface area contributed by atoms with Crippen LogP contribution in [0.5, 0.6) is 0 Å². The predicted octanol–water partition coefficient (Wildman–Crippen LogP) is -0.0450. The number of esters is 1. The smallest absolute Gasteiger partial charge is 0.308 e. The van der Waals surface area contributed by atoms with E-state index in [0.717, 1.165) is 25.7 Å². The summed E-state index contributed by atoms with van der Waals surface area (Å²) >= 11 is 0. The van der Waals surface area contributed by atoms with Gasteiger partial charge in [0.15, 0.2) is 6.29 Å². The highest BCUT2D eigenvalue weighted by molar-refractivity contribution is 5.69. The van der Waals surface area contributed by atoms with Crippen LogP contribution in [0.4, 0.5) is 0 Å². The molecule has 0 aliphatic carbocycles. The normalized spacial score (nSPS) is 34.6. The molecule has 0 aromatic heterocycles. The first-order chi connectivity index (χ1) is 19.6. The molecule has 0 saturated carbocycles. The van der Waals surface area contributed by atoms with Crippen LogP contribution >= 0.6 is 0 Å². The van der Waals surface area contributed by atoms with Gasteiger partial charge >= 0.3 is 5.97 Å². The van der Waals surface area contributed by atoms with Crippen molar-refractivity contribution in [2.75, 3.05) is 13.2 Å². The van der Waals surface area contributed by atoms with Crippen LogP contribution in [0.2, 0.25) is 0 Å². The minimum atomic E-state index is -2.88. The fraction of sp³-hybridized carbons (Fsp3) is 0.964. The molecule has 8 N–H and O–H groups in total. The zero-order valence-electron chi connectivity index (χ0n) is 24.1. The molecule has 0 spiro atoms. The SMILES string of the molecule is CCCCCCCCCCCCCCCC(=O)OC(O)[C@@]1(O)O[C@H](CO)[C@@H](OC2O[C@H](CO)[C@H](O)[C@H](O)[C@H]2O)[C@@H]1O. The van der Waals surface area contributed by atoms with Crippen molar-refractivity contribution in [1.29, 1.82) is 0 Å². The Morgan fingerprint density at radius 3 is 1.80 bits per heavy atom. The Labute approximate surface area is 242 Å². The second-order valence-corrected chi connectivity index (χ2v) is 11.2. The second kappa shape index (κ2) is 18.6. The van der Waals surface area contributed by atoms with Crippen LogP contribution in [-0.2, 0) is 23.7 Å². The third kappa shape index (κ3) is 10.6. The van der Waals surface area contributed by atoms with Crippen molar-refractivity contribution in [3.05, 3.63) is 0 Å². The van der Waals surface area contributed by atoms with Gasteiger partial charge < -0.3 is 59.8 Å². The largest absolute Gasteiger partial charge is 0.430 e. The number of hydrogen-bond donors (Lipinski definition) is 8. The number of ether oxygens (including phenoxy) is 4. The molecular weight excluding hydrogens is 544 g/mol. The molecule has 41 heavy (non-hydrogen) atoms. The zero-order chi connectivity index (χ0) is 30.4. The van der Waals surface area contributed by atoms with Crippen molar-refractivity contribution in [2.45, 2.75) is 158 Å². The summed E-state index contributed by atoms with van der Waals surface area (Å²) in [4.78, 5) is 12.2. The van der Waals surface area contributed by atoms with Crippen molar-refractivity contribution < 1.29 is 64.6 Å². The maximum absolute atomic E-state index is 12.2. The van der Waals surface area contributed by atoms with Gasteiger partial charge in [0.05, 0.1) is 13.2 Å². The first-order valence-corrected chi connectivity index (χ1v) is 15.1. The summed E-state index contributed by atoms with van der Waals surface area (Å²) in [6.45, 7) is 0.670. The monoisotopic (exact) mass is 596 g/mol. The van der Waals surface area contributed by atoms with Crippen molar-refractivity contribution in [1.82, 2.24) is 0 Å². The Bertz CT molecular complexity index is 725. The number of carbonyl (C=O) groups is 1. The Balaban J connectivity index is 1.72. The molecule has 0 amide bonds. The zero-order valence-corrected chi connectivity index (χ0v) is 24.1. The highest BCUT2D eigenvalue weighted by Gasteiger charge is 2.61. The summed E-state index contributed by atoms with van der Waals surface area (Å²) < 4.78 is 20.7. The van der Waals surface area contributed by atoms with E-state index in [1.54, 1.807) is 0 Å². The van der Waals surface area contributed by atoms with Gasteiger partial charge in [-0.25, -0.2) is 0 Å². The average Bonchev–Trinajstić information content (AvgIpc) is 3.21. The summed E-state index contributed by atoms with van der Waals surface area (Å²) in [7, 11) is 0. The lowest BCUT2D eigenvalue weighted by molar-refractivity contribution is -0.333. The lowest BCUT2D eigenvalue weighted by Crippen LogP contribution is -2.61. The van der Waals surface area contributed by atoms with Crippen LogP contribution in [-0.4, -0.2) is 121 Å². The number of unbranched alkanes of at least 4 members (excludes halogenated alkanes) is 12. The molecule has 2 aliphatic rings. The van der Waals surface area contributed by atoms with Gasteiger partial charge in [0.1, 0.15) is 42.7 Å². The van der Waals surface area contributed by atoms with Gasteiger partial charge in [0.25, 0.3) is 12.1 Å². The summed E-state index contributed by atoms with van der Waals surface area (Å²) in [5.41, 5.74) is 0. The van der Waals surface area contributed by atoms with Crippen LogP contribution in [0.3, 0.4) is 0 Å². The summed E-state index contributed by atoms with van der Waals surface area (Å²) in [6.07, 6.45) is -1.01. The lowest BCUT2D eigenvalue weighted by atomic mass is 9.99. The van der Waals surface area contributed by atoms with Crippen LogP contribution in [0.15, 0.2) is 0 Å². The molecule has 10 atom stereocenters. The molecular formula is C28H52O13. The van der Waals surface area contributed by atoms with E-state index >= 15 is 0 Å². The molecule has 2 fully saturated rings. The van der Waals surface area contributed by atoms with Gasteiger partial charge in [0, 0.05) is 6.42 Å². The van der Waals surface area contributed by atoms with Gasteiger partial charge in [-0.15, -0.1) is 0 Å². The van der Waals surface area contributed by atoms with Gasteiger partial charge in [-0.05, 0) is 6.42 Å². The van der Waals surface area contributed by atoms with Crippen molar-refractivity contribution in [3.63, 3.8) is 0 Å². The Kier molecular flexibility index (Phi) is 16.5. The van der Waals surface area contributed by atoms with Gasteiger partial charge in [-0.3, -0.25) is 4.79 Å². The summed E-state index contributed by atoms with van der Waals surface area (Å²) in [5, 5.41) is 81.0. The molecule has 2 heterocycles. The third-order valence-corrected chi connectivity index (χ3v) is 7.84. The fourth-order valence-electron chi connectivity index (χ4n) is 5.22. The van der Waals surface area contributed by atoms with E-state index in [1.165, 1.54) is 51.4 Å². The minimum absolute atomic E-state index is 0.0186. The molecule has 13 nitrogen and oxygen atoms in total. The Morgan fingerprint density at radius 2 is 1.29 bits per heavy atom. The van der Waals surface area contributed by atoms with Crippen molar-refractivity contribution in [2.24, 2.45) is 0 Å². The first-order valence-electron chi connectivity index (χ1n) is 15.1. The fourth-order valence-corrected chi connectivity index (χ4v) is 5.22. The van der Waals surface area contributed by atoms with E-state index in [1.807, 2.05) is 0 Å². The molecule has 2 aliphatic heterocycles. The molecule has 0 aromatic carbocycles. The van der Waals surface area contributed by atoms with Gasteiger partial charge in [-0.2, -0.15) is 0 Å². The van der Waals surface area contributed by atoms with Gasteiger partial charge in [0.2, 0.25) is 0 Å². The van der Waals surface area contributed by atoms with E-state index in [9.17, 15) is 45.6 Å². The van der Waals surface area contributed by atoms with Crippen molar-refractivity contribution >= 4 is 5.97 Å². The number of aliphatic hydroxyl groups excluding tert-OH is 7. The Hall–Kier alpha value is -0.970. The van der Waals surface area contributed by atoms with E-state index in [0.29, 0.717) is 6.42 Å². The maximum Gasteiger partial charge on any atom is 0.308 e. The minimum Gasteiger partial charge on any atom is -0.430 e. The number of rotatable bonds is 20. The van der Waals surface area contributed by atoms with Crippen LogP contribution in [0, 0.1) is 0 Å². The first kappa shape index (κ1) is 36.2.